The van der Waals surface area contributed by atoms with Crippen molar-refractivity contribution in [1.29, 1.82) is 0 Å². The van der Waals surface area contributed by atoms with Gasteiger partial charge in [0.15, 0.2) is 0 Å². The van der Waals surface area contributed by atoms with Crippen molar-refractivity contribution in [3.05, 3.63) is 224 Å². The van der Waals surface area contributed by atoms with Gasteiger partial charge >= 0.3 is 0 Å². The molecule has 0 fully saturated rings. The summed E-state index contributed by atoms with van der Waals surface area (Å²) in [5.74, 6) is 0. The van der Waals surface area contributed by atoms with E-state index in [0.29, 0.717) is 0 Å². The van der Waals surface area contributed by atoms with Crippen LogP contribution < -0.4 is 4.90 Å². The molecule has 1 nitrogen and oxygen atoms in total. The van der Waals surface area contributed by atoms with E-state index in [1.54, 1.807) is 0 Å². The summed E-state index contributed by atoms with van der Waals surface area (Å²) in [5, 5.41) is 2.57. The van der Waals surface area contributed by atoms with Crippen molar-refractivity contribution in [2.45, 2.75) is 0 Å². The largest absolute Gasteiger partial charge is 0.308 e. The van der Waals surface area contributed by atoms with Crippen molar-refractivity contribution in [3.63, 3.8) is 0 Å². The number of para-hydroxylation sites is 1. The molecule has 0 saturated carbocycles. The van der Waals surface area contributed by atoms with Crippen LogP contribution in [0, 0.1) is 0 Å². The Balaban J connectivity index is 1.16. The minimum Gasteiger partial charge on any atom is -0.308 e. The third-order valence-electron chi connectivity index (χ3n) is 10.7. The van der Waals surface area contributed by atoms with E-state index in [0.717, 1.165) is 17.1 Å². The van der Waals surface area contributed by atoms with E-state index in [2.05, 4.69) is 229 Å². The maximum atomic E-state index is 2.47. The molecule has 10 aromatic rings. The van der Waals surface area contributed by atoms with Gasteiger partial charge in [-0.1, -0.05) is 188 Å². The van der Waals surface area contributed by atoms with Gasteiger partial charge in [-0.3, -0.25) is 0 Å². The number of hydrogen-bond acceptors (Lipinski definition) is 2. The van der Waals surface area contributed by atoms with E-state index in [-0.39, 0.29) is 0 Å². The average molecular weight is 732 g/mol. The van der Waals surface area contributed by atoms with E-state index >= 15 is 0 Å². The number of hydrogen-bond donors (Lipinski definition) is 0. The monoisotopic (exact) mass is 731 g/mol. The van der Waals surface area contributed by atoms with Gasteiger partial charge in [0, 0.05) is 26.7 Å². The fraction of sp³-hybridized carbons (Fsp3) is 0. The third kappa shape index (κ3) is 6.17. The Morgan fingerprint density at radius 1 is 0.286 bits per heavy atom. The SMILES string of the molecule is c1ccc(-c2cccc(-c3ccc(N(c4ccccc4-c4ccccc4-c4ccccc4-c4ccccc4)c4cccc5c4sc4ccccc45)cc3)c2)cc1. The number of anilines is 3. The predicted octanol–water partition coefficient (Wildman–Crippen LogP) is 15.9. The molecule has 1 heterocycles. The molecule has 0 amide bonds. The Labute approximate surface area is 332 Å². The molecule has 1 aromatic heterocycles. The molecule has 0 aliphatic carbocycles. The highest BCUT2D eigenvalue weighted by Gasteiger charge is 2.22. The topological polar surface area (TPSA) is 3.24 Å². The minimum absolute atomic E-state index is 1.10. The molecule has 10 rings (SSSR count). The molecule has 0 radical (unpaired) electrons. The molecule has 0 bridgehead atoms. The number of rotatable bonds is 8. The highest BCUT2D eigenvalue weighted by Crippen LogP contribution is 2.49. The van der Waals surface area contributed by atoms with Crippen LogP contribution in [0.15, 0.2) is 224 Å². The highest BCUT2D eigenvalue weighted by atomic mass is 32.1. The van der Waals surface area contributed by atoms with Gasteiger partial charge in [-0.15, -0.1) is 11.3 Å². The molecule has 0 N–H and O–H groups in total. The molecule has 264 valence electrons. The quantitative estimate of drug-likeness (QED) is 0.150. The normalized spacial score (nSPS) is 11.2. The molecule has 2 heteroatoms. The molecule has 0 spiro atoms. The molecule has 9 aromatic carbocycles. The van der Waals surface area contributed by atoms with E-state index in [9.17, 15) is 0 Å². The van der Waals surface area contributed by atoms with Crippen LogP contribution in [0.5, 0.6) is 0 Å². The average Bonchev–Trinajstić information content (AvgIpc) is 3.67. The van der Waals surface area contributed by atoms with Crippen molar-refractivity contribution in [3.8, 4) is 55.6 Å². The molecule has 56 heavy (non-hydrogen) atoms. The molecule has 0 unspecified atom stereocenters. The Bertz CT molecular complexity index is 2960. The Morgan fingerprint density at radius 3 is 1.46 bits per heavy atom. The third-order valence-corrected chi connectivity index (χ3v) is 11.9. The lowest BCUT2D eigenvalue weighted by molar-refractivity contribution is 1.30. The Hall–Kier alpha value is -7.00. The summed E-state index contributed by atoms with van der Waals surface area (Å²) in [6, 6.07) is 81.3. The first-order valence-electron chi connectivity index (χ1n) is 19.1. The fourth-order valence-corrected chi connectivity index (χ4v) is 9.27. The lowest BCUT2D eigenvalue weighted by atomic mass is 9.88. The van der Waals surface area contributed by atoms with Crippen molar-refractivity contribution >= 4 is 48.6 Å². The van der Waals surface area contributed by atoms with Crippen LogP contribution in [0.4, 0.5) is 17.1 Å². The zero-order valence-electron chi connectivity index (χ0n) is 30.7. The number of nitrogens with zero attached hydrogens (tertiary/aromatic N) is 1. The molecule has 0 saturated heterocycles. The van der Waals surface area contributed by atoms with E-state index in [1.807, 2.05) is 11.3 Å². The Morgan fingerprint density at radius 2 is 0.750 bits per heavy atom. The van der Waals surface area contributed by atoms with Crippen LogP contribution in [-0.2, 0) is 0 Å². The zero-order valence-corrected chi connectivity index (χ0v) is 31.5. The fourth-order valence-electron chi connectivity index (χ4n) is 8.06. The van der Waals surface area contributed by atoms with Gasteiger partial charge in [-0.2, -0.15) is 0 Å². The lowest BCUT2D eigenvalue weighted by Gasteiger charge is -2.29. The summed E-state index contributed by atoms with van der Waals surface area (Å²) in [6.07, 6.45) is 0. The number of thiophene rings is 1. The smallest absolute Gasteiger partial charge is 0.0640 e. The van der Waals surface area contributed by atoms with Gasteiger partial charge in [0.1, 0.15) is 0 Å². The van der Waals surface area contributed by atoms with Crippen LogP contribution >= 0.6 is 11.3 Å². The van der Waals surface area contributed by atoms with Gasteiger partial charge in [0.25, 0.3) is 0 Å². The molecular weight excluding hydrogens is 695 g/mol. The molecular formula is C54H37NS. The van der Waals surface area contributed by atoms with Crippen molar-refractivity contribution in [2.75, 3.05) is 4.90 Å². The second kappa shape index (κ2) is 14.7. The van der Waals surface area contributed by atoms with Crippen LogP contribution in [0.3, 0.4) is 0 Å². The Kier molecular flexibility index (Phi) is 8.79. The number of benzene rings is 9. The van der Waals surface area contributed by atoms with Crippen LogP contribution in [-0.4, -0.2) is 0 Å². The van der Waals surface area contributed by atoms with E-state index in [1.165, 1.54) is 75.8 Å². The van der Waals surface area contributed by atoms with E-state index in [4.69, 9.17) is 0 Å². The second-order valence-electron chi connectivity index (χ2n) is 14.1. The van der Waals surface area contributed by atoms with Crippen molar-refractivity contribution in [1.82, 2.24) is 0 Å². The van der Waals surface area contributed by atoms with Crippen molar-refractivity contribution in [2.24, 2.45) is 0 Å². The summed E-state index contributed by atoms with van der Waals surface area (Å²) in [7, 11) is 0. The lowest BCUT2D eigenvalue weighted by Crippen LogP contribution is -2.11. The summed E-state index contributed by atoms with van der Waals surface area (Å²) in [6.45, 7) is 0. The summed E-state index contributed by atoms with van der Waals surface area (Å²) < 4.78 is 2.56. The zero-order chi connectivity index (χ0) is 37.3. The maximum Gasteiger partial charge on any atom is 0.0640 e. The van der Waals surface area contributed by atoms with Crippen LogP contribution in [0.1, 0.15) is 0 Å². The van der Waals surface area contributed by atoms with Gasteiger partial charge in [0.2, 0.25) is 0 Å². The number of fused-ring (bicyclic) bond motifs is 3. The predicted molar refractivity (Wildman–Crippen MR) is 241 cm³/mol. The van der Waals surface area contributed by atoms with Gasteiger partial charge < -0.3 is 4.90 Å². The van der Waals surface area contributed by atoms with Crippen molar-refractivity contribution < 1.29 is 0 Å². The minimum atomic E-state index is 1.10. The second-order valence-corrected chi connectivity index (χ2v) is 15.1. The van der Waals surface area contributed by atoms with Gasteiger partial charge in [-0.25, -0.2) is 0 Å². The standard InChI is InChI=1S/C54H37NS/c1-3-17-38(18-4-1)41-21-15-22-42(37-41)39-33-35-43(36-34-39)55(52-31-16-29-50-49-28-12-14-32-53(49)56-54(50)52)51-30-13-11-27-48(51)47-26-10-9-25-46(47)45-24-8-7-23-44(45)40-19-5-2-6-20-40/h1-37H. The summed E-state index contributed by atoms with van der Waals surface area (Å²) in [5.41, 5.74) is 15.4. The summed E-state index contributed by atoms with van der Waals surface area (Å²) in [4.78, 5) is 2.47. The van der Waals surface area contributed by atoms with Gasteiger partial charge in [-0.05, 0) is 86.5 Å². The molecule has 0 aliphatic rings. The van der Waals surface area contributed by atoms with Crippen LogP contribution in [0.2, 0.25) is 0 Å². The summed E-state index contributed by atoms with van der Waals surface area (Å²) >= 11 is 1.87. The molecule has 0 atom stereocenters. The maximum absolute atomic E-state index is 2.47. The van der Waals surface area contributed by atoms with E-state index < -0.39 is 0 Å². The highest BCUT2D eigenvalue weighted by molar-refractivity contribution is 7.26. The van der Waals surface area contributed by atoms with Crippen LogP contribution in [0.25, 0.3) is 75.8 Å². The first-order chi connectivity index (χ1) is 27.8. The first kappa shape index (κ1) is 33.6. The first-order valence-corrected chi connectivity index (χ1v) is 19.9. The molecule has 0 aliphatic heterocycles. The van der Waals surface area contributed by atoms with Gasteiger partial charge in [0.05, 0.1) is 16.1 Å².